The predicted molar refractivity (Wildman–Crippen MR) is 50.5 cm³/mol. The lowest BCUT2D eigenvalue weighted by Gasteiger charge is -2.19. The van der Waals surface area contributed by atoms with Gasteiger partial charge in [-0.05, 0) is 11.5 Å². The number of nitrogens with one attached hydrogen (secondary N) is 2. The van der Waals surface area contributed by atoms with Gasteiger partial charge in [0.05, 0.1) is 0 Å². The van der Waals surface area contributed by atoms with Crippen molar-refractivity contribution in [1.82, 2.24) is 10.9 Å². The Balaban J connectivity index is 2.15. The largest absolute Gasteiger partial charge is 0.257 e. The number of hydrogen-bond acceptors (Lipinski definition) is 2. The first-order valence-corrected chi connectivity index (χ1v) is 4.65. The maximum atomic E-state index is 3.24. The van der Waals surface area contributed by atoms with E-state index >= 15 is 0 Å². The summed E-state index contributed by atoms with van der Waals surface area (Å²) in [4.78, 5) is 0. The lowest BCUT2D eigenvalue weighted by molar-refractivity contribution is 0.591. The van der Waals surface area contributed by atoms with Crippen LogP contribution in [-0.2, 0) is 0 Å². The summed E-state index contributed by atoms with van der Waals surface area (Å²) < 4.78 is 0. The van der Waals surface area contributed by atoms with E-state index in [9.17, 15) is 0 Å². The molecule has 2 unspecified atom stereocenters. The van der Waals surface area contributed by atoms with Crippen molar-refractivity contribution < 1.29 is 0 Å². The van der Waals surface area contributed by atoms with Gasteiger partial charge in [-0.25, -0.2) is 0 Å². The second-order valence-electron chi connectivity index (χ2n) is 3.90. The second kappa shape index (κ2) is 3.04. The van der Waals surface area contributed by atoms with Gasteiger partial charge in [0, 0.05) is 18.5 Å². The molecule has 0 aromatic carbocycles. The Morgan fingerprint density at radius 2 is 2.33 bits per heavy atom. The van der Waals surface area contributed by atoms with Gasteiger partial charge in [-0.1, -0.05) is 32.1 Å². The van der Waals surface area contributed by atoms with Crippen LogP contribution in [0.15, 0.2) is 23.8 Å². The molecular weight excluding hydrogens is 148 g/mol. The monoisotopic (exact) mass is 164 g/mol. The van der Waals surface area contributed by atoms with E-state index in [1.165, 1.54) is 5.57 Å². The molecule has 66 valence electrons. The molecular formula is C10H16N2. The van der Waals surface area contributed by atoms with Gasteiger partial charge in [0.15, 0.2) is 0 Å². The van der Waals surface area contributed by atoms with Crippen molar-refractivity contribution in [2.24, 2.45) is 11.8 Å². The Morgan fingerprint density at radius 3 is 3.08 bits per heavy atom. The Labute approximate surface area is 73.7 Å². The molecule has 2 atom stereocenters. The number of allylic oxidation sites excluding steroid dienone is 2. The standard InChI is InChI=1S/C10H16N2/c1-7(2)8-3-4-10-9(5-8)6-11-12-10/h3-5,7,9-12H,6H2,1-2H3. The van der Waals surface area contributed by atoms with Gasteiger partial charge in [-0.2, -0.15) is 0 Å². The molecule has 0 aromatic rings. The van der Waals surface area contributed by atoms with Crippen molar-refractivity contribution in [3.8, 4) is 0 Å². The minimum Gasteiger partial charge on any atom is -0.257 e. The summed E-state index contributed by atoms with van der Waals surface area (Å²) in [7, 11) is 0. The van der Waals surface area contributed by atoms with E-state index in [4.69, 9.17) is 0 Å². The zero-order valence-corrected chi connectivity index (χ0v) is 7.67. The molecule has 1 fully saturated rings. The van der Waals surface area contributed by atoms with Crippen molar-refractivity contribution in [3.05, 3.63) is 23.8 Å². The summed E-state index contributed by atoms with van der Waals surface area (Å²) in [6, 6.07) is 0.521. The third-order valence-corrected chi connectivity index (χ3v) is 2.64. The fraction of sp³-hybridized carbons (Fsp3) is 0.600. The molecule has 2 heteroatoms. The fourth-order valence-electron chi connectivity index (χ4n) is 1.78. The van der Waals surface area contributed by atoms with Crippen LogP contribution in [0.3, 0.4) is 0 Å². The molecule has 0 saturated carbocycles. The van der Waals surface area contributed by atoms with E-state index in [-0.39, 0.29) is 0 Å². The van der Waals surface area contributed by atoms with Crippen LogP contribution >= 0.6 is 0 Å². The van der Waals surface area contributed by atoms with Crippen LogP contribution in [0.25, 0.3) is 0 Å². The smallest absolute Gasteiger partial charge is 0.0471 e. The first-order chi connectivity index (χ1) is 5.77. The average molecular weight is 164 g/mol. The summed E-state index contributed by atoms with van der Waals surface area (Å²) in [5, 5.41) is 0. The van der Waals surface area contributed by atoms with Gasteiger partial charge in [0.2, 0.25) is 0 Å². The third kappa shape index (κ3) is 1.32. The van der Waals surface area contributed by atoms with Gasteiger partial charge in [-0.3, -0.25) is 10.9 Å². The maximum absolute atomic E-state index is 3.24. The number of hydrogen-bond donors (Lipinski definition) is 2. The topological polar surface area (TPSA) is 24.1 Å². The number of hydrazine groups is 1. The molecule has 2 rings (SSSR count). The third-order valence-electron chi connectivity index (χ3n) is 2.64. The molecule has 1 aliphatic heterocycles. The Hall–Kier alpha value is -0.600. The zero-order chi connectivity index (χ0) is 8.55. The summed E-state index contributed by atoms with van der Waals surface area (Å²) in [5.74, 6) is 1.32. The van der Waals surface area contributed by atoms with Gasteiger partial charge in [-0.15, -0.1) is 0 Å². The van der Waals surface area contributed by atoms with Crippen molar-refractivity contribution in [3.63, 3.8) is 0 Å². The van der Waals surface area contributed by atoms with Crippen LogP contribution in [0.4, 0.5) is 0 Å². The zero-order valence-electron chi connectivity index (χ0n) is 7.67. The Bertz CT molecular complexity index is 228. The summed E-state index contributed by atoms with van der Waals surface area (Å²) in [6.07, 6.45) is 6.90. The van der Waals surface area contributed by atoms with Gasteiger partial charge in [0.25, 0.3) is 0 Å². The molecule has 1 heterocycles. The van der Waals surface area contributed by atoms with E-state index in [1.54, 1.807) is 0 Å². The van der Waals surface area contributed by atoms with Gasteiger partial charge < -0.3 is 0 Å². The lowest BCUT2D eigenvalue weighted by atomic mass is 9.89. The highest BCUT2D eigenvalue weighted by molar-refractivity contribution is 5.29. The number of fused-ring (bicyclic) bond motifs is 1. The van der Waals surface area contributed by atoms with Crippen molar-refractivity contribution >= 4 is 0 Å². The van der Waals surface area contributed by atoms with Gasteiger partial charge in [0.1, 0.15) is 0 Å². The molecule has 1 aliphatic carbocycles. The van der Waals surface area contributed by atoms with Crippen LogP contribution in [0, 0.1) is 11.8 Å². The highest BCUT2D eigenvalue weighted by Gasteiger charge is 2.25. The Morgan fingerprint density at radius 1 is 1.50 bits per heavy atom. The number of rotatable bonds is 1. The predicted octanol–water partition coefficient (Wildman–Crippen LogP) is 1.23. The lowest BCUT2D eigenvalue weighted by Crippen LogP contribution is -2.30. The van der Waals surface area contributed by atoms with E-state index < -0.39 is 0 Å². The van der Waals surface area contributed by atoms with E-state index in [1.807, 2.05) is 0 Å². The minimum absolute atomic E-state index is 0.521. The highest BCUT2D eigenvalue weighted by atomic mass is 15.4. The quantitative estimate of drug-likeness (QED) is 0.609. The van der Waals surface area contributed by atoms with E-state index in [0.29, 0.717) is 17.9 Å². The van der Waals surface area contributed by atoms with Crippen molar-refractivity contribution in [1.29, 1.82) is 0 Å². The summed E-state index contributed by atoms with van der Waals surface area (Å²) in [5.41, 5.74) is 7.89. The highest BCUT2D eigenvalue weighted by Crippen LogP contribution is 2.23. The molecule has 12 heavy (non-hydrogen) atoms. The van der Waals surface area contributed by atoms with Crippen molar-refractivity contribution in [2.75, 3.05) is 6.54 Å². The first kappa shape index (κ1) is 8.02. The molecule has 0 aromatic heterocycles. The molecule has 0 bridgehead atoms. The molecule has 1 saturated heterocycles. The second-order valence-corrected chi connectivity index (χ2v) is 3.90. The van der Waals surface area contributed by atoms with Crippen LogP contribution in [0.2, 0.25) is 0 Å². The van der Waals surface area contributed by atoms with Crippen molar-refractivity contribution in [2.45, 2.75) is 19.9 Å². The van der Waals surface area contributed by atoms with E-state index in [2.05, 4.69) is 42.9 Å². The van der Waals surface area contributed by atoms with Crippen LogP contribution in [0.1, 0.15) is 13.8 Å². The van der Waals surface area contributed by atoms with Gasteiger partial charge >= 0.3 is 0 Å². The fourth-order valence-corrected chi connectivity index (χ4v) is 1.78. The molecule has 2 nitrogen and oxygen atoms in total. The maximum Gasteiger partial charge on any atom is 0.0471 e. The molecule has 2 N–H and O–H groups in total. The van der Waals surface area contributed by atoms with E-state index in [0.717, 1.165) is 6.54 Å². The molecule has 0 radical (unpaired) electrons. The van der Waals surface area contributed by atoms with Crippen LogP contribution in [-0.4, -0.2) is 12.6 Å². The average Bonchev–Trinajstić information content (AvgIpc) is 2.49. The molecule has 2 aliphatic rings. The SMILES string of the molecule is CC(C)C1=CC2CNNC2C=C1. The van der Waals surface area contributed by atoms with Crippen LogP contribution < -0.4 is 10.9 Å². The first-order valence-electron chi connectivity index (χ1n) is 4.65. The molecule has 0 amide bonds. The minimum atomic E-state index is 0.521. The van der Waals surface area contributed by atoms with Crippen LogP contribution in [0.5, 0.6) is 0 Å². The Kier molecular flexibility index (Phi) is 2.03. The molecule has 0 spiro atoms. The summed E-state index contributed by atoms with van der Waals surface area (Å²) >= 11 is 0. The summed E-state index contributed by atoms with van der Waals surface area (Å²) in [6.45, 7) is 5.55. The normalized spacial score (nSPS) is 33.8.